The van der Waals surface area contributed by atoms with Crippen LogP contribution in [0.5, 0.6) is 0 Å². The molecule has 1 unspecified atom stereocenters. The summed E-state index contributed by atoms with van der Waals surface area (Å²) in [5.74, 6) is 0. The molecule has 0 N–H and O–H groups in total. The maximum absolute atomic E-state index is 10.0. The maximum Gasteiger partial charge on any atom is 0.128 e. The number of hydrogen-bond acceptors (Lipinski definition) is 1. The highest BCUT2D eigenvalue weighted by Gasteiger charge is 1.78. The first kappa shape index (κ1) is 6.32. The van der Waals surface area contributed by atoms with E-state index in [-0.39, 0.29) is 0 Å². The summed E-state index contributed by atoms with van der Waals surface area (Å²) in [6.45, 7) is 3.38. The Balaban J connectivity index is 3.05. The van der Waals surface area contributed by atoms with Gasteiger partial charge in [-0.05, 0) is 0 Å². The van der Waals surface area contributed by atoms with Crippen LogP contribution >= 0.6 is 19.3 Å². The Labute approximate surface area is 43.4 Å². The molecule has 0 aliphatic carbocycles. The van der Waals surface area contributed by atoms with E-state index in [0.717, 1.165) is 0 Å². The van der Waals surface area contributed by atoms with Crippen molar-refractivity contribution in [2.75, 3.05) is 6.16 Å². The molecule has 0 aromatic carbocycles. The number of allylic oxidation sites excluding steroid dienone is 1. The molecule has 0 aromatic rings. The van der Waals surface area contributed by atoms with Gasteiger partial charge >= 0.3 is 0 Å². The molecule has 0 radical (unpaired) electrons. The molecule has 0 spiro atoms. The van der Waals surface area contributed by atoms with Crippen LogP contribution in [0.2, 0.25) is 0 Å². The molecule has 0 bridgehead atoms. The fraction of sp³-hybridized carbons (Fsp3) is 0.333. The fourth-order valence-corrected chi connectivity index (χ4v) is 0.758. The van der Waals surface area contributed by atoms with Gasteiger partial charge in [0.15, 0.2) is 0 Å². The van der Waals surface area contributed by atoms with Crippen LogP contribution < -0.4 is 0 Å². The first-order chi connectivity index (χ1) is 2.77. The van der Waals surface area contributed by atoms with E-state index in [1.165, 1.54) is 0 Å². The normalized spacial score (nSPS) is 13.5. The minimum absolute atomic E-state index is 0.549. The lowest BCUT2D eigenvalue weighted by Gasteiger charge is -1.76. The molecule has 0 fully saturated rings. The Morgan fingerprint density at radius 2 is 2.50 bits per heavy atom. The van der Waals surface area contributed by atoms with Gasteiger partial charge in [0.1, 0.15) is 7.00 Å². The summed E-state index contributed by atoms with van der Waals surface area (Å²) >= 11 is 3.65. The minimum atomic E-state index is -1.56. The average molecular weight is 122 g/mol. The highest BCUT2D eigenvalue weighted by molar-refractivity contribution is 8.40. The van der Waals surface area contributed by atoms with Crippen LogP contribution in [0.1, 0.15) is 0 Å². The van der Waals surface area contributed by atoms with Crippen molar-refractivity contribution in [1.29, 1.82) is 0 Å². The third-order valence-electron chi connectivity index (χ3n) is 0.319. The third-order valence-corrected chi connectivity index (χ3v) is 1.50. The van der Waals surface area contributed by atoms with Crippen LogP contribution in [0.25, 0.3) is 0 Å². The molecule has 0 saturated carbocycles. The number of rotatable bonds is 2. The predicted molar refractivity (Wildman–Crippen MR) is 33.1 cm³/mol. The number of thiol groups is 1. The predicted octanol–water partition coefficient (Wildman–Crippen LogP) is 1.58. The summed E-state index contributed by atoms with van der Waals surface area (Å²) in [7, 11) is -1.56. The van der Waals surface area contributed by atoms with Crippen molar-refractivity contribution < 1.29 is 4.57 Å². The first-order valence-corrected chi connectivity index (χ1v) is 4.50. The van der Waals surface area contributed by atoms with E-state index < -0.39 is 7.00 Å². The first-order valence-electron chi connectivity index (χ1n) is 1.60. The van der Waals surface area contributed by atoms with E-state index in [4.69, 9.17) is 0 Å². The van der Waals surface area contributed by atoms with Gasteiger partial charge in [-0.15, -0.1) is 18.8 Å². The van der Waals surface area contributed by atoms with Gasteiger partial charge in [0.05, 0.1) is 0 Å². The van der Waals surface area contributed by atoms with E-state index in [9.17, 15) is 4.57 Å². The van der Waals surface area contributed by atoms with Gasteiger partial charge in [0, 0.05) is 6.16 Å². The largest absolute Gasteiger partial charge is 0.315 e. The monoisotopic (exact) mass is 122 g/mol. The van der Waals surface area contributed by atoms with E-state index in [1.54, 1.807) is 6.08 Å². The molecule has 3 heteroatoms. The van der Waals surface area contributed by atoms with Crippen LogP contribution in [0, 0.1) is 0 Å². The van der Waals surface area contributed by atoms with Gasteiger partial charge in [0.25, 0.3) is 0 Å². The zero-order valence-corrected chi connectivity index (χ0v) is 5.24. The van der Waals surface area contributed by atoms with Crippen LogP contribution in [-0.2, 0) is 4.57 Å². The van der Waals surface area contributed by atoms with Crippen LogP contribution in [-0.4, -0.2) is 6.16 Å². The molecular formula is C3H7OPS. The lowest BCUT2D eigenvalue weighted by molar-refractivity contribution is 0.598. The minimum Gasteiger partial charge on any atom is -0.315 e. The van der Waals surface area contributed by atoms with Gasteiger partial charge in [0.2, 0.25) is 0 Å². The summed E-state index contributed by atoms with van der Waals surface area (Å²) in [5, 5.41) is 0. The quantitative estimate of drug-likeness (QED) is 0.334. The van der Waals surface area contributed by atoms with Crippen LogP contribution in [0.15, 0.2) is 12.7 Å². The standard InChI is InChI=1S/C3H7OPS/c1-2-3-5(4)6/h2,5H,1,3H2,(H,4,6). The molecule has 1 atom stereocenters. The zero-order valence-electron chi connectivity index (χ0n) is 3.35. The second-order valence-corrected chi connectivity index (χ2v) is 3.58. The fourth-order valence-electron chi connectivity index (χ4n) is 0.123. The van der Waals surface area contributed by atoms with Crippen molar-refractivity contribution >= 4 is 19.3 Å². The summed E-state index contributed by atoms with van der Waals surface area (Å²) in [6, 6.07) is 0. The van der Waals surface area contributed by atoms with Crippen molar-refractivity contribution in [2.45, 2.75) is 0 Å². The Morgan fingerprint density at radius 3 is 2.50 bits per heavy atom. The molecule has 0 aromatic heterocycles. The molecule has 6 heavy (non-hydrogen) atoms. The second-order valence-electron chi connectivity index (χ2n) is 0.887. The smallest absolute Gasteiger partial charge is 0.128 e. The highest BCUT2D eigenvalue weighted by Crippen LogP contribution is 2.23. The molecular weight excluding hydrogens is 115 g/mol. The maximum atomic E-state index is 10.0. The molecule has 36 valence electrons. The SMILES string of the molecule is C=CC[PH](=O)S. The van der Waals surface area contributed by atoms with Crippen molar-refractivity contribution in [3.05, 3.63) is 12.7 Å². The molecule has 0 saturated heterocycles. The van der Waals surface area contributed by atoms with Crippen molar-refractivity contribution in [3.63, 3.8) is 0 Å². The van der Waals surface area contributed by atoms with Gasteiger partial charge in [-0.2, -0.15) is 0 Å². The Morgan fingerprint density at radius 1 is 2.00 bits per heavy atom. The number of hydrogen-bond donors (Lipinski definition) is 1. The summed E-state index contributed by atoms with van der Waals surface area (Å²) in [5.41, 5.74) is 0. The van der Waals surface area contributed by atoms with Crippen molar-refractivity contribution in [1.82, 2.24) is 0 Å². The Hall–Kier alpha value is 0.320. The van der Waals surface area contributed by atoms with Crippen molar-refractivity contribution in [2.24, 2.45) is 0 Å². The topological polar surface area (TPSA) is 17.1 Å². The zero-order chi connectivity index (χ0) is 4.99. The van der Waals surface area contributed by atoms with Gasteiger partial charge in [-0.1, -0.05) is 6.08 Å². The molecule has 0 aliphatic rings. The van der Waals surface area contributed by atoms with Crippen LogP contribution in [0.4, 0.5) is 0 Å². The molecule has 0 rings (SSSR count). The molecule has 0 heterocycles. The Kier molecular flexibility index (Phi) is 3.70. The summed E-state index contributed by atoms with van der Waals surface area (Å²) < 4.78 is 10.0. The van der Waals surface area contributed by atoms with E-state index in [2.05, 4.69) is 18.8 Å². The van der Waals surface area contributed by atoms with Gasteiger partial charge in [-0.3, -0.25) is 0 Å². The van der Waals surface area contributed by atoms with E-state index in [1.807, 2.05) is 0 Å². The Bertz CT molecular complexity index is 71.2. The second kappa shape index (κ2) is 3.51. The average Bonchev–Trinajstić information content (AvgIpc) is 1.35. The van der Waals surface area contributed by atoms with Gasteiger partial charge < -0.3 is 4.57 Å². The van der Waals surface area contributed by atoms with E-state index >= 15 is 0 Å². The van der Waals surface area contributed by atoms with Gasteiger partial charge in [-0.25, -0.2) is 0 Å². The third kappa shape index (κ3) is 4.32. The molecule has 1 nitrogen and oxygen atoms in total. The molecule has 0 amide bonds. The van der Waals surface area contributed by atoms with Crippen LogP contribution in [0.3, 0.4) is 0 Å². The lowest BCUT2D eigenvalue weighted by atomic mass is 10.8. The van der Waals surface area contributed by atoms with Crippen molar-refractivity contribution in [3.8, 4) is 0 Å². The summed E-state index contributed by atoms with van der Waals surface area (Å²) in [4.78, 5) is 0. The lowest BCUT2D eigenvalue weighted by Crippen LogP contribution is -1.54. The molecule has 0 aliphatic heterocycles. The highest BCUT2D eigenvalue weighted by atomic mass is 32.7. The summed E-state index contributed by atoms with van der Waals surface area (Å²) in [6.07, 6.45) is 2.15. The van der Waals surface area contributed by atoms with E-state index in [0.29, 0.717) is 6.16 Å².